The molecule has 1 aromatic carbocycles. The summed E-state index contributed by atoms with van der Waals surface area (Å²) in [5.74, 6) is -0.287. The molecule has 0 bridgehead atoms. The number of urea groups is 1. The second kappa shape index (κ2) is 6.03. The van der Waals surface area contributed by atoms with Crippen LogP contribution in [-0.4, -0.2) is 29.8 Å². The number of nitrogens with one attached hydrogen (secondary N) is 2. The second-order valence-electron chi connectivity index (χ2n) is 5.86. The third kappa shape index (κ3) is 3.87. The first-order valence-corrected chi connectivity index (χ1v) is 6.57. The number of ether oxygens (including phenoxy) is 1. The third-order valence-electron chi connectivity index (χ3n) is 3.87. The van der Waals surface area contributed by atoms with Crippen molar-refractivity contribution in [3.63, 3.8) is 0 Å². The van der Waals surface area contributed by atoms with Gasteiger partial charge in [0, 0.05) is 5.69 Å². The van der Waals surface area contributed by atoms with Gasteiger partial charge in [0.1, 0.15) is 5.75 Å². The van der Waals surface area contributed by atoms with Crippen LogP contribution in [0.2, 0.25) is 0 Å². The third-order valence-corrected chi connectivity index (χ3v) is 3.87. The predicted molar refractivity (Wildman–Crippen MR) is 80.6 cm³/mol. The van der Waals surface area contributed by atoms with Crippen LogP contribution in [0.15, 0.2) is 24.3 Å². The first-order chi connectivity index (χ1) is 9.60. The van der Waals surface area contributed by atoms with E-state index >= 15 is 0 Å². The van der Waals surface area contributed by atoms with Gasteiger partial charge in [-0.15, -0.1) is 0 Å². The highest BCUT2D eigenvalue weighted by molar-refractivity contribution is 5.90. The number of amides is 2. The van der Waals surface area contributed by atoms with Crippen LogP contribution in [-0.2, 0) is 4.79 Å². The molecule has 6 nitrogen and oxygen atoms in total. The van der Waals surface area contributed by atoms with Crippen LogP contribution in [0.25, 0.3) is 0 Å². The van der Waals surface area contributed by atoms with Gasteiger partial charge >= 0.3 is 12.0 Å². The SMILES string of the molecule is COc1ccc(NC(=O)NC(C)(C)C(C)(C)C(=O)O)cc1. The van der Waals surface area contributed by atoms with E-state index in [9.17, 15) is 14.7 Å². The summed E-state index contributed by atoms with van der Waals surface area (Å²) in [7, 11) is 1.56. The lowest BCUT2D eigenvalue weighted by atomic mass is 9.74. The highest BCUT2D eigenvalue weighted by Crippen LogP contribution is 2.30. The van der Waals surface area contributed by atoms with E-state index in [4.69, 9.17) is 4.74 Å². The number of benzene rings is 1. The van der Waals surface area contributed by atoms with Crippen molar-refractivity contribution in [2.75, 3.05) is 12.4 Å². The van der Waals surface area contributed by atoms with Crippen molar-refractivity contribution in [3.8, 4) is 5.75 Å². The number of anilines is 1. The monoisotopic (exact) mass is 294 g/mol. The van der Waals surface area contributed by atoms with E-state index in [1.807, 2.05) is 0 Å². The van der Waals surface area contributed by atoms with E-state index in [1.165, 1.54) is 0 Å². The van der Waals surface area contributed by atoms with Gasteiger partial charge in [0.2, 0.25) is 0 Å². The summed E-state index contributed by atoms with van der Waals surface area (Å²) >= 11 is 0. The normalized spacial score (nSPS) is 11.7. The van der Waals surface area contributed by atoms with Crippen molar-refractivity contribution in [3.05, 3.63) is 24.3 Å². The number of carbonyl (C=O) groups excluding carboxylic acids is 1. The Morgan fingerprint density at radius 2 is 1.62 bits per heavy atom. The molecule has 1 aromatic rings. The van der Waals surface area contributed by atoms with Gasteiger partial charge in [0.05, 0.1) is 18.1 Å². The molecule has 0 atom stereocenters. The summed E-state index contributed by atoms with van der Waals surface area (Å²) in [6.45, 7) is 6.50. The Bertz CT molecular complexity index is 521. The van der Waals surface area contributed by atoms with Gasteiger partial charge in [-0.25, -0.2) is 4.79 Å². The fraction of sp³-hybridized carbons (Fsp3) is 0.467. The van der Waals surface area contributed by atoms with Crippen LogP contribution in [0.3, 0.4) is 0 Å². The number of hydrogen-bond donors (Lipinski definition) is 3. The lowest BCUT2D eigenvalue weighted by Crippen LogP contribution is -2.57. The van der Waals surface area contributed by atoms with Crippen molar-refractivity contribution in [2.24, 2.45) is 5.41 Å². The average Bonchev–Trinajstić information content (AvgIpc) is 2.38. The van der Waals surface area contributed by atoms with Gasteiger partial charge in [0.25, 0.3) is 0 Å². The summed E-state index contributed by atoms with van der Waals surface area (Å²) in [6, 6.07) is 6.39. The minimum absolute atomic E-state index is 0.459. The maximum Gasteiger partial charge on any atom is 0.319 e. The van der Waals surface area contributed by atoms with Crippen molar-refractivity contribution in [1.29, 1.82) is 0 Å². The zero-order valence-corrected chi connectivity index (χ0v) is 13.0. The van der Waals surface area contributed by atoms with E-state index in [-0.39, 0.29) is 0 Å². The van der Waals surface area contributed by atoms with Gasteiger partial charge < -0.3 is 20.5 Å². The van der Waals surface area contributed by atoms with Crippen molar-refractivity contribution in [1.82, 2.24) is 5.32 Å². The highest BCUT2D eigenvalue weighted by Gasteiger charge is 2.44. The quantitative estimate of drug-likeness (QED) is 0.779. The molecule has 0 saturated carbocycles. The lowest BCUT2D eigenvalue weighted by molar-refractivity contribution is -0.150. The lowest BCUT2D eigenvalue weighted by Gasteiger charge is -2.38. The second-order valence-corrected chi connectivity index (χ2v) is 5.86. The highest BCUT2D eigenvalue weighted by atomic mass is 16.5. The van der Waals surface area contributed by atoms with Crippen LogP contribution in [0.1, 0.15) is 27.7 Å². The zero-order valence-electron chi connectivity index (χ0n) is 13.0. The molecule has 116 valence electrons. The van der Waals surface area contributed by atoms with Gasteiger partial charge in [0.15, 0.2) is 0 Å². The van der Waals surface area contributed by atoms with Gasteiger partial charge in [-0.3, -0.25) is 4.79 Å². The maximum absolute atomic E-state index is 12.0. The van der Waals surface area contributed by atoms with Gasteiger partial charge in [-0.05, 0) is 52.0 Å². The number of rotatable bonds is 5. The van der Waals surface area contributed by atoms with E-state index in [0.717, 1.165) is 0 Å². The fourth-order valence-electron chi connectivity index (χ4n) is 1.54. The molecule has 0 aliphatic rings. The molecule has 21 heavy (non-hydrogen) atoms. The summed E-state index contributed by atoms with van der Waals surface area (Å²) in [5, 5.41) is 14.6. The van der Waals surface area contributed by atoms with Crippen molar-refractivity contribution in [2.45, 2.75) is 33.2 Å². The molecular formula is C15H22N2O4. The Kier molecular flexibility index (Phi) is 4.83. The summed E-state index contributed by atoms with van der Waals surface area (Å²) in [5.41, 5.74) is -1.43. The molecule has 0 unspecified atom stereocenters. The standard InChI is InChI=1S/C15H22N2O4/c1-14(2,12(18)19)15(3,4)17-13(20)16-10-6-8-11(21-5)9-7-10/h6-9H,1-5H3,(H,18,19)(H2,16,17,20). The maximum atomic E-state index is 12.0. The summed E-state index contributed by atoms with van der Waals surface area (Å²) in [4.78, 5) is 23.3. The van der Waals surface area contributed by atoms with E-state index < -0.39 is 23.0 Å². The Hall–Kier alpha value is -2.24. The minimum atomic E-state index is -1.11. The number of carbonyl (C=O) groups is 2. The first kappa shape index (κ1) is 16.8. The summed E-state index contributed by atoms with van der Waals surface area (Å²) < 4.78 is 5.03. The Morgan fingerprint density at radius 1 is 1.10 bits per heavy atom. The van der Waals surface area contributed by atoms with Crippen molar-refractivity contribution >= 4 is 17.7 Å². The number of aliphatic carboxylic acids is 1. The molecule has 0 saturated heterocycles. The van der Waals surface area contributed by atoms with Gasteiger partial charge in [-0.2, -0.15) is 0 Å². The molecule has 0 aliphatic carbocycles. The van der Waals surface area contributed by atoms with E-state index in [1.54, 1.807) is 59.1 Å². The molecule has 0 heterocycles. The van der Waals surface area contributed by atoms with Crippen molar-refractivity contribution < 1.29 is 19.4 Å². The Labute approximate surface area is 124 Å². The molecule has 0 aromatic heterocycles. The predicted octanol–water partition coefficient (Wildman–Crippen LogP) is 2.71. The molecule has 0 radical (unpaired) electrons. The Morgan fingerprint density at radius 3 is 2.05 bits per heavy atom. The molecule has 3 N–H and O–H groups in total. The van der Waals surface area contributed by atoms with Crippen LogP contribution < -0.4 is 15.4 Å². The Balaban J connectivity index is 2.74. The number of carboxylic acids is 1. The first-order valence-electron chi connectivity index (χ1n) is 6.57. The molecule has 0 aliphatic heterocycles. The number of methoxy groups -OCH3 is 1. The smallest absolute Gasteiger partial charge is 0.319 e. The largest absolute Gasteiger partial charge is 0.497 e. The van der Waals surface area contributed by atoms with Crippen LogP contribution in [0.5, 0.6) is 5.75 Å². The molecular weight excluding hydrogens is 272 g/mol. The molecule has 0 spiro atoms. The topological polar surface area (TPSA) is 87.7 Å². The fourth-order valence-corrected chi connectivity index (χ4v) is 1.54. The molecule has 0 fully saturated rings. The molecule has 1 rings (SSSR count). The zero-order chi connectivity index (χ0) is 16.3. The number of carboxylic acid groups (broad SMARTS) is 1. The van der Waals surface area contributed by atoms with E-state index in [0.29, 0.717) is 11.4 Å². The summed E-state index contributed by atoms with van der Waals surface area (Å²) in [6.07, 6.45) is 0. The molecule has 2 amide bonds. The molecule has 6 heteroatoms. The minimum Gasteiger partial charge on any atom is -0.497 e. The van der Waals surface area contributed by atoms with Gasteiger partial charge in [-0.1, -0.05) is 0 Å². The average molecular weight is 294 g/mol. The van der Waals surface area contributed by atoms with Crippen LogP contribution in [0.4, 0.5) is 10.5 Å². The van der Waals surface area contributed by atoms with Crippen LogP contribution in [0, 0.1) is 5.41 Å². The van der Waals surface area contributed by atoms with Crippen LogP contribution >= 0.6 is 0 Å². The van der Waals surface area contributed by atoms with E-state index in [2.05, 4.69) is 10.6 Å². The number of hydrogen-bond acceptors (Lipinski definition) is 3.